The van der Waals surface area contributed by atoms with E-state index in [9.17, 15) is 0 Å². The van der Waals surface area contributed by atoms with Crippen LogP contribution in [0.1, 0.15) is 36.6 Å². The van der Waals surface area contributed by atoms with E-state index in [2.05, 4.69) is 35.6 Å². The molecular weight excluding hydrogens is 186 g/mol. The van der Waals surface area contributed by atoms with Crippen molar-refractivity contribution in [1.29, 1.82) is 0 Å². The standard InChI is InChI=1S/C12H21N3/c1-6-10-9(3)13-12(8-15(4)5)14-11(10)7-2/h6-8H2,1-5H3. The molecule has 1 aromatic rings. The minimum Gasteiger partial charge on any atom is -0.302 e. The van der Waals surface area contributed by atoms with E-state index in [1.807, 2.05) is 14.1 Å². The number of aromatic nitrogens is 2. The maximum absolute atomic E-state index is 4.61. The van der Waals surface area contributed by atoms with Gasteiger partial charge in [0.2, 0.25) is 0 Å². The average Bonchev–Trinajstić information content (AvgIpc) is 2.15. The molecule has 15 heavy (non-hydrogen) atoms. The number of nitrogens with zero attached hydrogens (tertiary/aromatic N) is 3. The summed E-state index contributed by atoms with van der Waals surface area (Å²) >= 11 is 0. The summed E-state index contributed by atoms with van der Waals surface area (Å²) in [5, 5.41) is 0. The van der Waals surface area contributed by atoms with Gasteiger partial charge in [0.25, 0.3) is 0 Å². The van der Waals surface area contributed by atoms with Gasteiger partial charge in [-0.1, -0.05) is 13.8 Å². The van der Waals surface area contributed by atoms with Crippen LogP contribution in [0.3, 0.4) is 0 Å². The zero-order valence-corrected chi connectivity index (χ0v) is 10.5. The first-order valence-electron chi connectivity index (χ1n) is 5.58. The fourth-order valence-corrected chi connectivity index (χ4v) is 1.82. The van der Waals surface area contributed by atoms with Crippen LogP contribution < -0.4 is 0 Å². The predicted octanol–water partition coefficient (Wildman–Crippen LogP) is 1.97. The summed E-state index contributed by atoms with van der Waals surface area (Å²) in [4.78, 5) is 11.2. The second-order valence-corrected chi connectivity index (χ2v) is 4.10. The Balaban J connectivity index is 3.08. The van der Waals surface area contributed by atoms with Crippen molar-refractivity contribution < 1.29 is 0 Å². The van der Waals surface area contributed by atoms with E-state index < -0.39 is 0 Å². The van der Waals surface area contributed by atoms with Crippen LogP contribution >= 0.6 is 0 Å². The average molecular weight is 207 g/mol. The van der Waals surface area contributed by atoms with Gasteiger partial charge in [-0.25, -0.2) is 9.97 Å². The number of aryl methyl sites for hydroxylation is 2. The van der Waals surface area contributed by atoms with Gasteiger partial charge in [0.15, 0.2) is 0 Å². The van der Waals surface area contributed by atoms with Crippen LogP contribution in [0.25, 0.3) is 0 Å². The molecule has 84 valence electrons. The molecule has 0 saturated carbocycles. The van der Waals surface area contributed by atoms with Crippen molar-refractivity contribution in [2.45, 2.75) is 40.2 Å². The first kappa shape index (κ1) is 12.1. The molecule has 0 aliphatic rings. The zero-order valence-electron chi connectivity index (χ0n) is 10.5. The highest BCUT2D eigenvalue weighted by Crippen LogP contribution is 2.13. The van der Waals surface area contributed by atoms with E-state index in [1.54, 1.807) is 0 Å². The summed E-state index contributed by atoms with van der Waals surface area (Å²) in [5.74, 6) is 0.937. The van der Waals surface area contributed by atoms with Crippen LogP contribution in [-0.2, 0) is 19.4 Å². The first-order chi connectivity index (χ1) is 7.08. The van der Waals surface area contributed by atoms with Gasteiger partial charge in [-0.15, -0.1) is 0 Å². The first-order valence-corrected chi connectivity index (χ1v) is 5.58. The lowest BCUT2D eigenvalue weighted by molar-refractivity contribution is 0.389. The van der Waals surface area contributed by atoms with Crippen molar-refractivity contribution in [3.8, 4) is 0 Å². The minimum atomic E-state index is 0.817. The van der Waals surface area contributed by atoms with Gasteiger partial charge < -0.3 is 4.90 Å². The van der Waals surface area contributed by atoms with E-state index >= 15 is 0 Å². The third kappa shape index (κ3) is 2.99. The highest BCUT2D eigenvalue weighted by Gasteiger charge is 2.08. The Hall–Kier alpha value is -0.960. The maximum Gasteiger partial charge on any atom is 0.142 e. The van der Waals surface area contributed by atoms with Crippen molar-refractivity contribution in [3.63, 3.8) is 0 Å². The highest BCUT2D eigenvalue weighted by molar-refractivity contribution is 5.25. The van der Waals surface area contributed by atoms with Crippen molar-refractivity contribution in [2.24, 2.45) is 0 Å². The highest BCUT2D eigenvalue weighted by atomic mass is 15.1. The van der Waals surface area contributed by atoms with Crippen LogP contribution in [0.4, 0.5) is 0 Å². The fourth-order valence-electron chi connectivity index (χ4n) is 1.82. The molecule has 0 fully saturated rings. The van der Waals surface area contributed by atoms with E-state index in [-0.39, 0.29) is 0 Å². The van der Waals surface area contributed by atoms with Crippen LogP contribution in [0, 0.1) is 6.92 Å². The molecule has 0 radical (unpaired) electrons. The summed E-state index contributed by atoms with van der Waals surface area (Å²) in [6.45, 7) is 7.22. The maximum atomic E-state index is 4.61. The summed E-state index contributed by atoms with van der Waals surface area (Å²) in [6.07, 6.45) is 2.02. The molecule has 0 bridgehead atoms. The predicted molar refractivity (Wildman–Crippen MR) is 62.9 cm³/mol. The fraction of sp³-hybridized carbons (Fsp3) is 0.667. The second-order valence-electron chi connectivity index (χ2n) is 4.10. The molecule has 1 rings (SSSR count). The Labute approximate surface area is 92.6 Å². The Kier molecular flexibility index (Phi) is 4.21. The Morgan fingerprint density at radius 3 is 2.20 bits per heavy atom. The normalized spacial score (nSPS) is 11.1. The second kappa shape index (κ2) is 5.21. The Morgan fingerprint density at radius 1 is 1.07 bits per heavy atom. The summed E-state index contributed by atoms with van der Waals surface area (Å²) in [6, 6.07) is 0. The summed E-state index contributed by atoms with van der Waals surface area (Å²) < 4.78 is 0. The van der Waals surface area contributed by atoms with E-state index in [0.717, 1.165) is 30.9 Å². The van der Waals surface area contributed by atoms with Crippen LogP contribution in [-0.4, -0.2) is 29.0 Å². The minimum absolute atomic E-state index is 0.817. The third-order valence-corrected chi connectivity index (χ3v) is 2.49. The lowest BCUT2D eigenvalue weighted by Crippen LogP contribution is -2.16. The molecule has 0 amide bonds. The van der Waals surface area contributed by atoms with Crippen LogP contribution in [0.5, 0.6) is 0 Å². The molecule has 1 heterocycles. The molecule has 3 heteroatoms. The van der Waals surface area contributed by atoms with Gasteiger partial charge >= 0.3 is 0 Å². The third-order valence-electron chi connectivity index (χ3n) is 2.49. The van der Waals surface area contributed by atoms with Crippen molar-refractivity contribution in [1.82, 2.24) is 14.9 Å². The van der Waals surface area contributed by atoms with Crippen molar-refractivity contribution in [2.75, 3.05) is 14.1 Å². The van der Waals surface area contributed by atoms with Gasteiger partial charge in [0.1, 0.15) is 5.82 Å². The van der Waals surface area contributed by atoms with E-state index in [4.69, 9.17) is 0 Å². The molecule has 3 nitrogen and oxygen atoms in total. The molecule has 0 spiro atoms. The zero-order chi connectivity index (χ0) is 11.4. The Morgan fingerprint density at radius 2 is 1.73 bits per heavy atom. The molecule has 0 N–H and O–H groups in total. The molecule has 0 saturated heterocycles. The molecule has 0 aromatic carbocycles. The number of hydrogen-bond donors (Lipinski definition) is 0. The van der Waals surface area contributed by atoms with Gasteiger partial charge in [-0.05, 0) is 39.4 Å². The van der Waals surface area contributed by atoms with Gasteiger partial charge in [0, 0.05) is 11.4 Å². The smallest absolute Gasteiger partial charge is 0.142 e. The lowest BCUT2D eigenvalue weighted by Gasteiger charge is -2.13. The molecule has 1 aromatic heterocycles. The molecule has 0 aliphatic heterocycles. The van der Waals surface area contributed by atoms with Crippen LogP contribution in [0.15, 0.2) is 0 Å². The van der Waals surface area contributed by atoms with Gasteiger partial charge in [0.05, 0.1) is 6.54 Å². The van der Waals surface area contributed by atoms with Crippen molar-refractivity contribution >= 4 is 0 Å². The molecule has 0 aliphatic carbocycles. The molecular formula is C12H21N3. The topological polar surface area (TPSA) is 29.0 Å². The number of rotatable bonds is 4. The quantitative estimate of drug-likeness (QED) is 0.756. The number of hydrogen-bond acceptors (Lipinski definition) is 3. The summed E-state index contributed by atoms with van der Waals surface area (Å²) in [5.41, 5.74) is 3.67. The lowest BCUT2D eigenvalue weighted by atomic mass is 10.1. The van der Waals surface area contributed by atoms with Crippen LogP contribution in [0.2, 0.25) is 0 Å². The van der Waals surface area contributed by atoms with E-state index in [0.29, 0.717) is 0 Å². The largest absolute Gasteiger partial charge is 0.302 e. The summed E-state index contributed by atoms with van der Waals surface area (Å²) in [7, 11) is 4.08. The van der Waals surface area contributed by atoms with Crippen molar-refractivity contribution in [3.05, 3.63) is 22.8 Å². The molecule has 0 unspecified atom stereocenters. The van der Waals surface area contributed by atoms with Gasteiger partial charge in [-0.3, -0.25) is 0 Å². The Bertz CT molecular complexity index is 332. The van der Waals surface area contributed by atoms with E-state index in [1.165, 1.54) is 11.3 Å². The SMILES string of the molecule is CCc1nc(CN(C)C)nc(C)c1CC. The monoisotopic (exact) mass is 207 g/mol. The molecule has 0 atom stereocenters. The van der Waals surface area contributed by atoms with Gasteiger partial charge in [-0.2, -0.15) is 0 Å².